The lowest BCUT2D eigenvalue weighted by Crippen LogP contribution is -2.38. The fraction of sp³-hybridized carbons (Fsp3) is 0.263. The first-order chi connectivity index (χ1) is 11.7. The molecule has 0 atom stereocenters. The highest BCUT2D eigenvalue weighted by molar-refractivity contribution is 6.00. The van der Waals surface area contributed by atoms with Gasteiger partial charge in [-0.25, -0.2) is 4.39 Å². The number of hydrogen-bond donors (Lipinski definition) is 2. The molecule has 1 saturated carbocycles. The molecule has 1 amide bonds. The quantitative estimate of drug-likeness (QED) is 0.760. The largest absolute Gasteiger partial charge is 0.325 e. The molecule has 3 aromatic rings. The van der Waals surface area contributed by atoms with E-state index in [-0.39, 0.29) is 11.7 Å². The van der Waals surface area contributed by atoms with Gasteiger partial charge in [-0.15, -0.1) is 0 Å². The average Bonchev–Trinajstić information content (AvgIpc) is 3.24. The summed E-state index contributed by atoms with van der Waals surface area (Å²) in [7, 11) is 0. The third-order valence-electron chi connectivity index (χ3n) is 4.97. The summed E-state index contributed by atoms with van der Waals surface area (Å²) in [6.45, 7) is 0. The summed E-state index contributed by atoms with van der Waals surface area (Å²) in [6, 6.07) is 12.1. The van der Waals surface area contributed by atoms with Crippen molar-refractivity contribution in [1.82, 2.24) is 10.2 Å². The molecule has 0 aliphatic heterocycles. The molecule has 0 radical (unpaired) electrons. The number of aromatic amines is 1. The Labute approximate surface area is 139 Å². The number of nitrogens with one attached hydrogen (secondary N) is 2. The number of hydrogen-bond acceptors (Lipinski definition) is 2. The van der Waals surface area contributed by atoms with Crippen LogP contribution in [0.2, 0.25) is 0 Å². The number of fused-ring (bicyclic) bond motifs is 1. The molecule has 0 saturated heterocycles. The lowest BCUT2D eigenvalue weighted by atomic mass is 9.78. The first-order valence-corrected chi connectivity index (χ1v) is 8.18. The van der Waals surface area contributed by atoms with Crippen molar-refractivity contribution in [3.63, 3.8) is 0 Å². The summed E-state index contributed by atoms with van der Waals surface area (Å²) < 4.78 is 13.7. The predicted octanol–water partition coefficient (Wildman–Crippen LogP) is 4.15. The average molecular weight is 323 g/mol. The van der Waals surface area contributed by atoms with Gasteiger partial charge in [-0.2, -0.15) is 5.10 Å². The molecule has 1 aliphatic rings. The molecule has 1 heterocycles. The predicted molar refractivity (Wildman–Crippen MR) is 91.3 cm³/mol. The van der Waals surface area contributed by atoms with Gasteiger partial charge in [-0.1, -0.05) is 25.0 Å². The Kier molecular flexibility index (Phi) is 3.56. The monoisotopic (exact) mass is 323 g/mol. The lowest BCUT2D eigenvalue weighted by Gasteiger charge is -2.28. The molecule has 5 heteroatoms. The minimum atomic E-state index is -0.645. The Bertz CT molecular complexity index is 896. The fourth-order valence-electron chi connectivity index (χ4n) is 3.68. The number of carbonyl (C=O) groups excluding carboxylic acids is 1. The Balaban J connectivity index is 1.67. The smallest absolute Gasteiger partial charge is 0.235 e. The number of carbonyl (C=O) groups is 1. The van der Waals surface area contributed by atoms with Crippen molar-refractivity contribution < 1.29 is 9.18 Å². The second-order valence-electron chi connectivity index (χ2n) is 6.43. The Morgan fingerprint density at radius 3 is 2.79 bits per heavy atom. The molecule has 4 nitrogen and oxygen atoms in total. The van der Waals surface area contributed by atoms with E-state index < -0.39 is 5.41 Å². The van der Waals surface area contributed by atoms with Crippen LogP contribution in [0.15, 0.2) is 48.7 Å². The van der Waals surface area contributed by atoms with E-state index in [2.05, 4.69) is 15.5 Å². The number of nitrogens with zero attached hydrogens (tertiary/aromatic N) is 1. The van der Waals surface area contributed by atoms with Crippen molar-refractivity contribution in [2.24, 2.45) is 0 Å². The summed E-state index contributed by atoms with van der Waals surface area (Å²) in [6.07, 6.45) is 5.17. The van der Waals surface area contributed by atoms with Crippen molar-refractivity contribution in [3.8, 4) is 0 Å². The Morgan fingerprint density at radius 1 is 1.17 bits per heavy atom. The number of benzene rings is 2. The molecular weight excluding hydrogens is 305 g/mol. The van der Waals surface area contributed by atoms with E-state index in [9.17, 15) is 9.18 Å². The third kappa shape index (κ3) is 2.46. The zero-order chi connectivity index (χ0) is 16.6. The van der Waals surface area contributed by atoms with Gasteiger partial charge in [0.05, 0.1) is 17.1 Å². The molecule has 2 N–H and O–H groups in total. The Morgan fingerprint density at radius 2 is 2.00 bits per heavy atom. The summed E-state index contributed by atoms with van der Waals surface area (Å²) >= 11 is 0. The molecule has 2 aromatic carbocycles. The van der Waals surface area contributed by atoms with E-state index in [4.69, 9.17) is 0 Å². The van der Waals surface area contributed by atoms with Crippen LogP contribution in [0.5, 0.6) is 0 Å². The Hall–Kier alpha value is -2.69. The first kappa shape index (κ1) is 14.9. The number of aromatic nitrogens is 2. The number of anilines is 1. The van der Waals surface area contributed by atoms with Gasteiger partial charge in [0.2, 0.25) is 5.91 Å². The second kappa shape index (κ2) is 5.74. The molecule has 0 unspecified atom stereocenters. The van der Waals surface area contributed by atoms with Crippen LogP contribution < -0.4 is 5.32 Å². The fourth-order valence-corrected chi connectivity index (χ4v) is 3.68. The molecule has 1 aromatic heterocycles. The van der Waals surface area contributed by atoms with E-state index in [0.717, 1.165) is 47.8 Å². The van der Waals surface area contributed by atoms with Gasteiger partial charge in [-0.3, -0.25) is 9.89 Å². The third-order valence-corrected chi connectivity index (χ3v) is 4.97. The highest BCUT2D eigenvalue weighted by atomic mass is 19.1. The van der Waals surface area contributed by atoms with Crippen LogP contribution in [0.1, 0.15) is 31.2 Å². The first-order valence-electron chi connectivity index (χ1n) is 8.18. The van der Waals surface area contributed by atoms with Crippen LogP contribution in [0.4, 0.5) is 10.1 Å². The summed E-state index contributed by atoms with van der Waals surface area (Å²) in [5, 5.41) is 10.8. The number of halogens is 1. The standard InChI is InChI=1S/C19H18FN3O/c20-15-5-3-4-14(11-15)19(8-1-2-9-19)18(24)22-16-6-7-17-13(10-16)12-21-23-17/h3-7,10-12H,1-2,8-9H2,(H,21,23)(H,22,24). The van der Waals surface area contributed by atoms with Crippen LogP contribution >= 0.6 is 0 Å². The van der Waals surface area contributed by atoms with Crippen LogP contribution in [0.25, 0.3) is 10.9 Å². The molecule has 1 aliphatic carbocycles. The normalized spacial score (nSPS) is 16.4. The zero-order valence-corrected chi connectivity index (χ0v) is 13.2. The maximum absolute atomic E-state index is 13.7. The minimum absolute atomic E-state index is 0.0616. The van der Waals surface area contributed by atoms with E-state index in [1.807, 2.05) is 24.3 Å². The maximum atomic E-state index is 13.7. The van der Waals surface area contributed by atoms with Crippen molar-refractivity contribution in [2.75, 3.05) is 5.32 Å². The molecular formula is C19H18FN3O. The molecule has 0 bridgehead atoms. The molecule has 122 valence electrons. The van der Waals surface area contributed by atoms with Crippen molar-refractivity contribution in [2.45, 2.75) is 31.1 Å². The van der Waals surface area contributed by atoms with Crippen LogP contribution in [-0.2, 0) is 10.2 Å². The molecule has 0 spiro atoms. The lowest BCUT2D eigenvalue weighted by molar-refractivity contribution is -0.121. The van der Waals surface area contributed by atoms with E-state index in [1.54, 1.807) is 12.3 Å². The SMILES string of the molecule is O=C(Nc1ccc2[nH]ncc2c1)C1(c2cccc(F)c2)CCCC1. The van der Waals surface area contributed by atoms with Crippen molar-refractivity contribution >= 4 is 22.5 Å². The second-order valence-corrected chi connectivity index (χ2v) is 6.43. The summed E-state index contributed by atoms with van der Waals surface area (Å²) in [5.41, 5.74) is 1.78. The van der Waals surface area contributed by atoms with Crippen LogP contribution in [0.3, 0.4) is 0 Å². The topological polar surface area (TPSA) is 57.8 Å². The van der Waals surface area contributed by atoms with Crippen LogP contribution in [0, 0.1) is 5.82 Å². The van der Waals surface area contributed by atoms with Gasteiger partial charge in [0.25, 0.3) is 0 Å². The van der Waals surface area contributed by atoms with E-state index in [0.29, 0.717) is 0 Å². The molecule has 24 heavy (non-hydrogen) atoms. The number of amides is 1. The summed E-state index contributed by atoms with van der Waals surface area (Å²) in [5.74, 6) is -0.361. The van der Waals surface area contributed by atoms with Gasteiger partial charge in [0, 0.05) is 11.1 Å². The minimum Gasteiger partial charge on any atom is -0.325 e. The highest BCUT2D eigenvalue weighted by Crippen LogP contribution is 2.42. The number of H-pyrrole nitrogens is 1. The van der Waals surface area contributed by atoms with E-state index >= 15 is 0 Å². The van der Waals surface area contributed by atoms with Gasteiger partial charge < -0.3 is 5.32 Å². The van der Waals surface area contributed by atoms with Crippen LogP contribution in [-0.4, -0.2) is 16.1 Å². The molecule has 1 fully saturated rings. The number of rotatable bonds is 3. The van der Waals surface area contributed by atoms with Crippen molar-refractivity contribution in [3.05, 3.63) is 60.0 Å². The van der Waals surface area contributed by atoms with Crippen molar-refractivity contribution in [1.29, 1.82) is 0 Å². The summed E-state index contributed by atoms with van der Waals surface area (Å²) in [4.78, 5) is 13.1. The van der Waals surface area contributed by atoms with Gasteiger partial charge in [0.15, 0.2) is 0 Å². The zero-order valence-electron chi connectivity index (χ0n) is 13.2. The van der Waals surface area contributed by atoms with Gasteiger partial charge in [-0.05, 0) is 48.7 Å². The van der Waals surface area contributed by atoms with E-state index in [1.165, 1.54) is 12.1 Å². The maximum Gasteiger partial charge on any atom is 0.235 e. The van der Waals surface area contributed by atoms with Gasteiger partial charge in [0.1, 0.15) is 5.82 Å². The van der Waals surface area contributed by atoms with Gasteiger partial charge >= 0.3 is 0 Å². The molecule has 4 rings (SSSR count). The highest BCUT2D eigenvalue weighted by Gasteiger charge is 2.42.